The van der Waals surface area contributed by atoms with Crippen LogP contribution in [-0.4, -0.2) is 19.9 Å². The number of hydrogen-bond acceptors (Lipinski definition) is 5. The molecule has 0 unspecified atom stereocenters. The van der Waals surface area contributed by atoms with Crippen molar-refractivity contribution in [3.8, 4) is 21.8 Å². The van der Waals surface area contributed by atoms with Crippen LogP contribution >= 0.6 is 11.3 Å². The van der Waals surface area contributed by atoms with Gasteiger partial charge < -0.3 is 10.3 Å². The van der Waals surface area contributed by atoms with Crippen molar-refractivity contribution in [2.45, 2.75) is 0 Å². The second-order valence-electron chi connectivity index (χ2n) is 6.08. The van der Waals surface area contributed by atoms with Gasteiger partial charge in [0.25, 0.3) is 0 Å². The molecule has 3 heterocycles. The second kappa shape index (κ2) is 6.66. The molecule has 0 amide bonds. The van der Waals surface area contributed by atoms with Crippen molar-refractivity contribution in [2.75, 3.05) is 5.32 Å². The van der Waals surface area contributed by atoms with E-state index in [1.54, 1.807) is 23.7 Å². The fourth-order valence-corrected chi connectivity index (χ4v) is 3.77. The highest BCUT2D eigenvalue weighted by Gasteiger charge is 2.08. The summed E-state index contributed by atoms with van der Waals surface area (Å²) >= 11 is 1.63. The molecule has 3 aromatic heterocycles. The molecule has 6 heteroatoms. The molecule has 27 heavy (non-hydrogen) atoms. The van der Waals surface area contributed by atoms with Gasteiger partial charge in [-0.15, -0.1) is 11.3 Å². The van der Waals surface area contributed by atoms with Gasteiger partial charge in [0, 0.05) is 34.6 Å². The average molecular weight is 369 g/mol. The Morgan fingerprint density at radius 2 is 1.74 bits per heavy atom. The number of aromatic nitrogens is 4. The fourth-order valence-electron chi connectivity index (χ4n) is 2.94. The number of para-hydroxylation sites is 2. The highest BCUT2D eigenvalue weighted by Crippen LogP contribution is 2.30. The first-order chi connectivity index (χ1) is 13.3. The molecule has 0 aliphatic heterocycles. The summed E-state index contributed by atoms with van der Waals surface area (Å²) in [6.07, 6.45) is 3.57. The van der Waals surface area contributed by atoms with Crippen molar-refractivity contribution in [3.05, 3.63) is 78.4 Å². The van der Waals surface area contributed by atoms with Crippen LogP contribution in [0.2, 0.25) is 0 Å². The Balaban J connectivity index is 1.43. The topological polar surface area (TPSA) is 66.5 Å². The van der Waals surface area contributed by atoms with E-state index in [2.05, 4.69) is 37.8 Å². The van der Waals surface area contributed by atoms with Gasteiger partial charge in [-0.1, -0.05) is 24.3 Å². The number of fused-ring (bicyclic) bond motifs is 1. The Morgan fingerprint density at radius 3 is 2.63 bits per heavy atom. The standard InChI is InChI=1S/C21H15N5S/c1-2-7-18-17(6-1)25-21(26-18)23-16-5-3-4-15(12-16)19-13-27-20(24-19)14-8-10-22-11-9-14/h1-13H,(H2,23,25,26). The van der Waals surface area contributed by atoms with Crippen LogP contribution in [0.5, 0.6) is 0 Å². The molecule has 0 saturated carbocycles. The first-order valence-electron chi connectivity index (χ1n) is 8.53. The molecule has 0 bridgehead atoms. The molecular weight excluding hydrogens is 354 g/mol. The van der Waals surface area contributed by atoms with Gasteiger partial charge in [-0.3, -0.25) is 4.98 Å². The highest BCUT2D eigenvalue weighted by molar-refractivity contribution is 7.13. The lowest BCUT2D eigenvalue weighted by molar-refractivity contribution is 1.31. The molecule has 5 nitrogen and oxygen atoms in total. The molecule has 0 radical (unpaired) electrons. The minimum Gasteiger partial charge on any atom is -0.326 e. The number of benzene rings is 2. The molecule has 2 aromatic carbocycles. The third kappa shape index (κ3) is 3.18. The predicted octanol–water partition coefficient (Wildman–Crippen LogP) is 5.49. The van der Waals surface area contributed by atoms with Crippen molar-refractivity contribution in [1.82, 2.24) is 19.9 Å². The summed E-state index contributed by atoms with van der Waals surface area (Å²) in [4.78, 5) is 16.7. The second-order valence-corrected chi connectivity index (χ2v) is 6.94. The third-order valence-corrected chi connectivity index (χ3v) is 5.13. The fraction of sp³-hybridized carbons (Fsp3) is 0. The Morgan fingerprint density at radius 1 is 0.852 bits per heavy atom. The summed E-state index contributed by atoms with van der Waals surface area (Å²) in [5.74, 6) is 0.726. The lowest BCUT2D eigenvalue weighted by atomic mass is 10.1. The molecule has 130 valence electrons. The van der Waals surface area contributed by atoms with Crippen molar-refractivity contribution in [3.63, 3.8) is 0 Å². The predicted molar refractivity (Wildman–Crippen MR) is 110 cm³/mol. The molecule has 5 aromatic rings. The Labute approximate surface area is 159 Å². The summed E-state index contributed by atoms with van der Waals surface area (Å²) in [5, 5.41) is 6.41. The lowest BCUT2D eigenvalue weighted by Gasteiger charge is -2.04. The van der Waals surface area contributed by atoms with Gasteiger partial charge in [0.15, 0.2) is 0 Å². The highest BCUT2D eigenvalue weighted by atomic mass is 32.1. The number of nitrogens with zero attached hydrogens (tertiary/aromatic N) is 3. The zero-order chi connectivity index (χ0) is 18.1. The number of hydrogen-bond donors (Lipinski definition) is 2. The summed E-state index contributed by atoms with van der Waals surface area (Å²) in [5.41, 5.74) is 6.02. The molecule has 0 aliphatic carbocycles. The quantitative estimate of drug-likeness (QED) is 0.439. The van der Waals surface area contributed by atoms with Crippen LogP contribution in [-0.2, 0) is 0 Å². The minimum absolute atomic E-state index is 0.726. The lowest BCUT2D eigenvalue weighted by Crippen LogP contribution is -1.92. The summed E-state index contributed by atoms with van der Waals surface area (Å²) in [7, 11) is 0. The summed E-state index contributed by atoms with van der Waals surface area (Å²) in [6, 6.07) is 20.1. The zero-order valence-corrected chi connectivity index (χ0v) is 15.1. The van der Waals surface area contributed by atoms with Crippen molar-refractivity contribution in [1.29, 1.82) is 0 Å². The van der Waals surface area contributed by atoms with Crippen molar-refractivity contribution < 1.29 is 0 Å². The van der Waals surface area contributed by atoms with E-state index in [0.29, 0.717) is 0 Å². The van der Waals surface area contributed by atoms with Crippen LogP contribution in [0, 0.1) is 0 Å². The number of rotatable bonds is 4. The molecule has 0 spiro atoms. The Bertz CT molecular complexity index is 1180. The van der Waals surface area contributed by atoms with E-state index in [1.807, 2.05) is 48.5 Å². The summed E-state index contributed by atoms with van der Waals surface area (Å²) in [6.45, 7) is 0. The third-order valence-electron chi connectivity index (χ3n) is 4.24. The van der Waals surface area contributed by atoms with Crippen LogP contribution < -0.4 is 5.32 Å². The van der Waals surface area contributed by atoms with Crippen LogP contribution in [0.3, 0.4) is 0 Å². The van der Waals surface area contributed by atoms with E-state index in [1.165, 1.54) is 0 Å². The SMILES string of the molecule is c1cc(Nc2nc3ccccc3[nH]2)cc(-c2csc(-c3ccncc3)n2)c1. The van der Waals surface area contributed by atoms with Gasteiger partial charge in [-0.2, -0.15) is 0 Å². The first-order valence-corrected chi connectivity index (χ1v) is 9.41. The van der Waals surface area contributed by atoms with Gasteiger partial charge in [0.2, 0.25) is 5.95 Å². The molecule has 0 saturated heterocycles. The number of aromatic amines is 1. The Hall–Kier alpha value is -3.51. The number of thiazole rings is 1. The van der Waals surface area contributed by atoms with Crippen molar-refractivity contribution >= 4 is 34.0 Å². The smallest absolute Gasteiger partial charge is 0.205 e. The maximum Gasteiger partial charge on any atom is 0.205 e. The molecular formula is C21H15N5S. The molecule has 2 N–H and O–H groups in total. The monoisotopic (exact) mass is 369 g/mol. The van der Waals surface area contributed by atoms with Crippen molar-refractivity contribution in [2.24, 2.45) is 0 Å². The van der Waals surface area contributed by atoms with Gasteiger partial charge in [0.1, 0.15) is 5.01 Å². The maximum atomic E-state index is 4.77. The Kier molecular flexibility index (Phi) is 3.88. The number of anilines is 2. The largest absolute Gasteiger partial charge is 0.326 e. The van der Waals surface area contributed by atoms with Gasteiger partial charge >= 0.3 is 0 Å². The van der Waals surface area contributed by atoms with E-state index in [9.17, 15) is 0 Å². The maximum absolute atomic E-state index is 4.77. The van der Waals surface area contributed by atoms with Gasteiger partial charge in [0.05, 0.1) is 16.7 Å². The van der Waals surface area contributed by atoms with Crippen LogP contribution in [0.15, 0.2) is 78.4 Å². The average Bonchev–Trinajstić information content (AvgIpc) is 3.36. The van der Waals surface area contributed by atoms with Crippen LogP contribution in [0.25, 0.3) is 32.9 Å². The molecule has 5 rings (SSSR count). The van der Waals surface area contributed by atoms with E-state index < -0.39 is 0 Å². The molecule has 0 fully saturated rings. The number of imidazole rings is 1. The summed E-state index contributed by atoms with van der Waals surface area (Å²) < 4.78 is 0. The van der Waals surface area contributed by atoms with Crippen LogP contribution in [0.4, 0.5) is 11.6 Å². The number of pyridine rings is 1. The molecule has 0 atom stereocenters. The van der Waals surface area contributed by atoms with E-state index in [-0.39, 0.29) is 0 Å². The zero-order valence-electron chi connectivity index (χ0n) is 14.3. The number of nitrogens with one attached hydrogen (secondary N) is 2. The van der Waals surface area contributed by atoms with E-state index >= 15 is 0 Å². The normalized spacial score (nSPS) is 11.0. The van der Waals surface area contributed by atoms with E-state index in [0.717, 1.165) is 44.5 Å². The van der Waals surface area contributed by atoms with E-state index in [4.69, 9.17) is 4.98 Å². The molecule has 0 aliphatic rings. The first kappa shape index (κ1) is 15.7. The van der Waals surface area contributed by atoms with Crippen LogP contribution in [0.1, 0.15) is 0 Å². The minimum atomic E-state index is 0.726. The van der Waals surface area contributed by atoms with Gasteiger partial charge in [-0.25, -0.2) is 9.97 Å². The number of H-pyrrole nitrogens is 1. The van der Waals surface area contributed by atoms with Gasteiger partial charge in [-0.05, 0) is 36.4 Å².